The van der Waals surface area contributed by atoms with Gasteiger partial charge in [0.1, 0.15) is 5.82 Å². The predicted octanol–water partition coefficient (Wildman–Crippen LogP) is 3.47. The van der Waals surface area contributed by atoms with Crippen LogP contribution in [0, 0.1) is 18.2 Å². The molecule has 1 saturated heterocycles. The minimum absolute atomic E-state index is 0.0983. The zero-order valence-corrected chi connectivity index (χ0v) is 12.8. The van der Waals surface area contributed by atoms with E-state index >= 15 is 0 Å². The van der Waals surface area contributed by atoms with Gasteiger partial charge in [0.05, 0.1) is 6.61 Å². The molecule has 20 heavy (non-hydrogen) atoms. The van der Waals surface area contributed by atoms with Crippen molar-refractivity contribution in [2.24, 2.45) is 5.41 Å². The lowest BCUT2D eigenvalue weighted by atomic mass is 9.76. The Bertz CT molecular complexity index is 439. The van der Waals surface area contributed by atoms with Crippen molar-refractivity contribution in [3.8, 4) is 0 Å². The molecule has 0 aromatic heterocycles. The van der Waals surface area contributed by atoms with Gasteiger partial charge in [-0.25, -0.2) is 4.39 Å². The first kappa shape index (κ1) is 15.5. The lowest BCUT2D eigenvalue weighted by Gasteiger charge is -2.38. The van der Waals surface area contributed by atoms with Crippen LogP contribution in [0.4, 0.5) is 4.39 Å². The van der Waals surface area contributed by atoms with Crippen LogP contribution in [0.2, 0.25) is 0 Å². The average Bonchev–Trinajstić information content (AvgIpc) is 2.42. The Morgan fingerprint density at radius 2 is 2.20 bits per heavy atom. The zero-order valence-electron chi connectivity index (χ0n) is 12.8. The van der Waals surface area contributed by atoms with Crippen LogP contribution in [-0.4, -0.2) is 25.8 Å². The van der Waals surface area contributed by atoms with Gasteiger partial charge in [-0.3, -0.25) is 0 Å². The Kier molecular flexibility index (Phi) is 5.17. The SMILES string of the molecule is Cc1ccc(F)cc1CC1(CNC(C)C)CCCOC1. The minimum atomic E-state index is -0.144. The largest absolute Gasteiger partial charge is 0.381 e. The Hall–Kier alpha value is -0.930. The highest BCUT2D eigenvalue weighted by Gasteiger charge is 2.33. The van der Waals surface area contributed by atoms with E-state index in [9.17, 15) is 4.39 Å². The first-order chi connectivity index (χ1) is 9.51. The number of ether oxygens (including phenoxy) is 1. The number of hydrogen-bond donors (Lipinski definition) is 1. The summed E-state index contributed by atoms with van der Waals surface area (Å²) in [7, 11) is 0. The van der Waals surface area contributed by atoms with E-state index in [0.29, 0.717) is 6.04 Å². The minimum Gasteiger partial charge on any atom is -0.381 e. The number of halogens is 1. The molecule has 0 aliphatic carbocycles. The Morgan fingerprint density at radius 3 is 2.85 bits per heavy atom. The summed E-state index contributed by atoms with van der Waals surface area (Å²) in [4.78, 5) is 0. The third-order valence-corrected chi connectivity index (χ3v) is 4.17. The molecule has 1 fully saturated rings. The summed E-state index contributed by atoms with van der Waals surface area (Å²) in [6.45, 7) is 8.92. The summed E-state index contributed by atoms with van der Waals surface area (Å²) in [6.07, 6.45) is 3.12. The second-order valence-corrected chi connectivity index (χ2v) is 6.44. The second kappa shape index (κ2) is 6.68. The van der Waals surface area contributed by atoms with Gasteiger partial charge in [-0.1, -0.05) is 19.9 Å². The van der Waals surface area contributed by atoms with Crippen LogP contribution in [0.5, 0.6) is 0 Å². The number of nitrogens with one attached hydrogen (secondary N) is 1. The van der Waals surface area contributed by atoms with Crippen LogP contribution in [0.25, 0.3) is 0 Å². The van der Waals surface area contributed by atoms with Gasteiger partial charge in [-0.15, -0.1) is 0 Å². The molecule has 1 atom stereocenters. The van der Waals surface area contributed by atoms with E-state index in [-0.39, 0.29) is 11.2 Å². The Morgan fingerprint density at radius 1 is 1.40 bits per heavy atom. The molecule has 0 bridgehead atoms. The zero-order chi connectivity index (χ0) is 14.6. The van der Waals surface area contributed by atoms with Crippen LogP contribution in [0.3, 0.4) is 0 Å². The van der Waals surface area contributed by atoms with Gasteiger partial charge in [0.2, 0.25) is 0 Å². The standard InChI is InChI=1S/C17H26FNO/c1-13(2)19-11-17(7-4-8-20-12-17)10-15-9-16(18)6-5-14(15)3/h5-6,9,13,19H,4,7-8,10-12H2,1-3H3. The van der Waals surface area contributed by atoms with Crippen LogP contribution < -0.4 is 5.32 Å². The van der Waals surface area contributed by atoms with Gasteiger partial charge < -0.3 is 10.1 Å². The van der Waals surface area contributed by atoms with Gasteiger partial charge in [-0.05, 0) is 49.4 Å². The highest BCUT2D eigenvalue weighted by Crippen LogP contribution is 2.33. The van der Waals surface area contributed by atoms with Crippen LogP contribution in [0.1, 0.15) is 37.8 Å². The number of rotatable bonds is 5. The first-order valence-corrected chi connectivity index (χ1v) is 7.57. The highest BCUT2D eigenvalue weighted by atomic mass is 19.1. The van der Waals surface area contributed by atoms with Crippen molar-refractivity contribution in [1.82, 2.24) is 5.32 Å². The molecule has 2 nitrogen and oxygen atoms in total. The fourth-order valence-corrected chi connectivity index (χ4v) is 2.91. The smallest absolute Gasteiger partial charge is 0.123 e. The van der Waals surface area contributed by atoms with Crippen molar-refractivity contribution in [2.45, 2.75) is 46.1 Å². The van der Waals surface area contributed by atoms with E-state index in [2.05, 4.69) is 26.1 Å². The maximum atomic E-state index is 13.5. The maximum absolute atomic E-state index is 13.5. The van der Waals surface area contributed by atoms with Crippen molar-refractivity contribution in [3.63, 3.8) is 0 Å². The van der Waals surface area contributed by atoms with Crippen molar-refractivity contribution >= 4 is 0 Å². The van der Waals surface area contributed by atoms with E-state index in [0.717, 1.165) is 44.6 Å². The molecule has 1 heterocycles. The molecule has 0 spiro atoms. The fraction of sp³-hybridized carbons (Fsp3) is 0.647. The number of benzene rings is 1. The molecule has 2 rings (SSSR count). The maximum Gasteiger partial charge on any atom is 0.123 e. The molecule has 0 radical (unpaired) electrons. The third kappa shape index (κ3) is 4.03. The number of aryl methyl sites for hydroxylation is 1. The van der Waals surface area contributed by atoms with Crippen molar-refractivity contribution in [1.29, 1.82) is 0 Å². The van der Waals surface area contributed by atoms with Gasteiger partial charge in [0, 0.05) is 24.6 Å². The van der Waals surface area contributed by atoms with E-state index in [1.165, 1.54) is 11.6 Å². The van der Waals surface area contributed by atoms with E-state index in [1.54, 1.807) is 6.07 Å². The van der Waals surface area contributed by atoms with Crippen LogP contribution in [0.15, 0.2) is 18.2 Å². The number of hydrogen-bond acceptors (Lipinski definition) is 2. The van der Waals surface area contributed by atoms with E-state index in [4.69, 9.17) is 4.74 Å². The molecule has 1 aromatic carbocycles. The molecule has 0 amide bonds. The lowest BCUT2D eigenvalue weighted by Crippen LogP contribution is -2.44. The third-order valence-electron chi connectivity index (χ3n) is 4.17. The van der Waals surface area contributed by atoms with Gasteiger partial charge >= 0.3 is 0 Å². The summed E-state index contributed by atoms with van der Waals surface area (Å²) in [5.74, 6) is -0.144. The monoisotopic (exact) mass is 279 g/mol. The quantitative estimate of drug-likeness (QED) is 0.891. The molecule has 112 valence electrons. The molecule has 1 unspecified atom stereocenters. The Labute approximate surface area is 121 Å². The van der Waals surface area contributed by atoms with Crippen molar-refractivity contribution in [2.75, 3.05) is 19.8 Å². The topological polar surface area (TPSA) is 21.3 Å². The normalized spacial score (nSPS) is 23.2. The molecule has 0 saturated carbocycles. The molecular weight excluding hydrogens is 253 g/mol. The average molecular weight is 279 g/mol. The van der Waals surface area contributed by atoms with E-state index in [1.807, 2.05) is 6.07 Å². The lowest BCUT2D eigenvalue weighted by molar-refractivity contribution is -0.00811. The van der Waals surface area contributed by atoms with Gasteiger partial charge in [0.15, 0.2) is 0 Å². The van der Waals surface area contributed by atoms with Crippen LogP contribution >= 0.6 is 0 Å². The molecule has 1 aliphatic rings. The molecular formula is C17H26FNO. The molecule has 1 N–H and O–H groups in total. The Balaban J connectivity index is 2.16. The van der Waals surface area contributed by atoms with Crippen LogP contribution in [-0.2, 0) is 11.2 Å². The highest BCUT2D eigenvalue weighted by molar-refractivity contribution is 5.28. The summed E-state index contributed by atoms with van der Waals surface area (Å²) in [5, 5.41) is 3.54. The first-order valence-electron chi connectivity index (χ1n) is 7.57. The van der Waals surface area contributed by atoms with Crippen molar-refractivity contribution < 1.29 is 9.13 Å². The molecule has 1 aliphatic heterocycles. The molecule has 3 heteroatoms. The van der Waals surface area contributed by atoms with Gasteiger partial charge in [-0.2, -0.15) is 0 Å². The molecule has 1 aromatic rings. The predicted molar refractivity (Wildman–Crippen MR) is 80.5 cm³/mol. The summed E-state index contributed by atoms with van der Waals surface area (Å²) >= 11 is 0. The summed E-state index contributed by atoms with van der Waals surface area (Å²) in [5.41, 5.74) is 2.38. The van der Waals surface area contributed by atoms with Gasteiger partial charge in [0.25, 0.3) is 0 Å². The summed E-state index contributed by atoms with van der Waals surface area (Å²) in [6, 6.07) is 5.55. The second-order valence-electron chi connectivity index (χ2n) is 6.44. The summed E-state index contributed by atoms with van der Waals surface area (Å²) < 4.78 is 19.2. The van der Waals surface area contributed by atoms with Crippen molar-refractivity contribution in [3.05, 3.63) is 35.1 Å². The van der Waals surface area contributed by atoms with E-state index < -0.39 is 0 Å². The fourth-order valence-electron chi connectivity index (χ4n) is 2.91.